The molecule has 2 aromatic rings. The molecule has 0 bridgehead atoms. The highest BCUT2D eigenvalue weighted by atomic mass is 14.7. The van der Waals surface area contributed by atoms with Crippen LogP contribution in [0.25, 0.3) is 10.8 Å². The molecule has 0 aliphatic heterocycles. The summed E-state index contributed by atoms with van der Waals surface area (Å²) in [6.45, 7) is 2.66. The number of hydrogen-bond acceptors (Lipinski definition) is 2. The van der Waals surface area contributed by atoms with Crippen molar-refractivity contribution in [3.63, 3.8) is 0 Å². The molecular formula is C14H18N2. The van der Waals surface area contributed by atoms with E-state index in [4.69, 9.17) is 11.5 Å². The Kier molecular flexibility index (Phi) is 3.22. The minimum Gasteiger partial charge on any atom is -0.329 e. The van der Waals surface area contributed by atoms with Gasteiger partial charge in [0.15, 0.2) is 0 Å². The molecule has 0 amide bonds. The summed E-state index contributed by atoms with van der Waals surface area (Å²) in [5, 5.41) is 2.54. The topological polar surface area (TPSA) is 52.0 Å². The molecule has 2 rings (SSSR count). The third-order valence-corrected chi connectivity index (χ3v) is 3.23. The lowest BCUT2D eigenvalue weighted by atomic mass is 9.90. The fraction of sp³-hybridized carbons (Fsp3) is 0.286. The average molecular weight is 214 g/mol. The zero-order chi connectivity index (χ0) is 11.5. The van der Waals surface area contributed by atoms with Crippen LogP contribution in [-0.2, 0) is 0 Å². The Hall–Kier alpha value is -1.38. The Morgan fingerprint density at radius 1 is 1.06 bits per heavy atom. The molecule has 2 unspecified atom stereocenters. The van der Waals surface area contributed by atoms with Crippen LogP contribution in [0.15, 0.2) is 42.5 Å². The van der Waals surface area contributed by atoms with Gasteiger partial charge in [0, 0.05) is 12.6 Å². The summed E-state index contributed by atoms with van der Waals surface area (Å²) in [5.74, 6) is 0.288. The number of fused-ring (bicyclic) bond motifs is 1. The molecule has 0 aliphatic rings. The third-order valence-electron chi connectivity index (χ3n) is 3.23. The van der Waals surface area contributed by atoms with E-state index in [1.54, 1.807) is 0 Å². The lowest BCUT2D eigenvalue weighted by molar-refractivity contribution is 0.579. The van der Waals surface area contributed by atoms with Crippen molar-refractivity contribution in [2.24, 2.45) is 11.5 Å². The molecule has 84 valence electrons. The third kappa shape index (κ3) is 1.94. The van der Waals surface area contributed by atoms with E-state index in [2.05, 4.69) is 49.4 Å². The number of benzene rings is 2. The predicted molar refractivity (Wildman–Crippen MR) is 69.4 cm³/mol. The quantitative estimate of drug-likeness (QED) is 0.823. The van der Waals surface area contributed by atoms with Crippen molar-refractivity contribution in [2.75, 3.05) is 6.54 Å². The van der Waals surface area contributed by atoms with Crippen LogP contribution in [0.4, 0.5) is 0 Å². The van der Waals surface area contributed by atoms with E-state index in [9.17, 15) is 0 Å². The molecule has 0 heterocycles. The lowest BCUT2D eigenvalue weighted by Gasteiger charge is -2.20. The van der Waals surface area contributed by atoms with Crippen molar-refractivity contribution in [3.05, 3.63) is 48.0 Å². The summed E-state index contributed by atoms with van der Waals surface area (Å²) in [4.78, 5) is 0. The highest BCUT2D eigenvalue weighted by Crippen LogP contribution is 2.26. The Morgan fingerprint density at radius 3 is 2.50 bits per heavy atom. The number of rotatable bonds is 3. The molecule has 0 fully saturated rings. The molecule has 2 atom stereocenters. The smallest absolute Gasteiger partial charge is 0.0230 e. The summed E-state index contributed by atoms with van der Waals surface area (Å²) in [6.07, 6.45) is 0. The summed E-state index contributed by atoms with van der Waals surface area (Å²) >= 11 is 0. The summed E-state index contributed by atoms with van der Waals surface area (Å²) in [6, 6.07) is 14.8. The maximum absolute atomic E-state index is 6.01. The van der Waals surface area contributed by atoms with Gasteiger partial charge in [0.25, 0.3) is 0 Å². The fourth-order valence-electron chi connectivity index (χ4n) is 2.08. The molecule has 16 heavy (non-hydrogen) atoms. The summed E-state index contributed by atoms with van der Waals surface area (Å²) in [7, 11) is 0. The highest BCUT2D eigenvalue weighted by molar-refractivity contribution is 5.86. The second-order valence-corrected chi connectivity index (χ2v) is 4.26. The highest BCUT2D eigenvalue weighted by Gasteiger charge is 2.15. The van der Waals surface area contributed by atoms with Gasteiger partial charge in [0.1, 0.15) is 0 Å². The van der Waals surface area contributed by atoms with Crippen LogP contribution in [0.1, 0.15) is 18.4 Å². The van der Waals surface area contributed by atoms with Crippen molar-refractivity contribution >= 4 is 10.8 Å². The minimum atomic E-state index is 0.0193. The average Bonchev–Trinajstić information content (AvgIpc) is 2.36. The normalized spacial score (nSPS) is 14.9. The van der Waals surface area contributed by atoms with Gasteiger partial charge >= 0.3 is 0 Å². The zero-order valence-electron chi connectivity index (χ0n) is 9.56. The molecule has 0 saturated carbocycles. The first kappa shape index (κ1) is 11.1. The van der Waals surface area contributed by atoms with Crippen LogP contribution in [0.3, 0.4) is 0 Å². The largest absolute Gasteiger partial charge is 0.329 e. The Morgan fingerprint density at radius 2 is 1.75 bits per heavy atom. The van der Waals surface area contributed by atoms with E-state index in [1.165, 1.54) is 16.3 Å². The molecule has 0 aliphatic carbocycles. The Bertz CT molecular complexity index is 474. The molecule has 2 aromatic carbocycles. The van der Waals surface area contributed by atoms with Crippen LogP contribution in [0, 0.1) is 0 Å². The van der Waals surface area contributed by atoms with Crippen LogP contribution >= 0.6 is 0 Å². The van der Waals surface area contributed by atoms with E-state index in [0.717, 1.165) is 0 Å². The first-order chi connectivity index (χ1) is 7.74. The van der Waals surface area contributed by atoms with E-state index in [0.29, 0.717) is 6.54 Å². The second kappa shape index (κ2) is 4.64. The summed E-state index contributed by atoms with van der Waals surface area (Å²) < 4.78 is 0. The van der Waals surface area contributed by atoms with Gasteiger partial charge in [-0.3, -0.25) is 0 Å². The van der Waals surface area contributed by atoms with Crippen molar-refractivity contribution in [1.29, 1.82) is 0 Å². The van der Waals surface area contributed by atoms with Gasteiger partial charge in [-0.2, -0.15) is 0 Å². The van der Waals surface area contributed by atoms with Crippen LogP contribution < -0.4 is 11.5 Å². The number of hydrogen-bond donors (Lipinski definition) is 2. The molecular weight excluding hydrogens is 196 g/mol. The van der Waals surface area contributed by atoms with Gasteiger partial charge in [0.05, 0.1) is 0 Å². The molecule has 0 aromatic heterocycles. The molecule has 0 spiro atoms. The van der Waals surface area contributed by atoms with Crippen molar-refractivity contribution in [1.82, 2.24) is 0 Å². The number of nitrogens with two attached hydrogens (primary N) is 2. The van der Waals surface area contributed by atoms with Crippen LogP contribution in [0.2, 0.25) is 0 Å². The SMILES string of the molecule is CC(c1cccc2ccccc12)C(N)CN. The van der Waals surface area contributed by atoms with Gasteiger partial charge in [-0.15, -0.1) is 0 Å². The summed E-state index contributed by atoms with van der Waals surface area (Å²) in [5.41, 5.74) is 12.9. The molecule has 2 heteroatoms. The molecule has 0 radical (unpaired) electrons. The van der Waals surface area contributed by atoms with Gasteiger partial charge in [-0.25, -0.2) is 0 Å². The predicted octanol–water partition coefficient (Wildman–Crippen LogP) is 2.23. The van der Waals surface area contributed by atoms with Crippen molar-refractivity contribution in [2.45, 2.75) is 18.9 Å². The monoisotopic (exact) mass is 214 g/mol. The first-order valence-electron chi connectivity index (χ1n) is 5.67. The standard InChI is InChI=1S/C14H18N2/c1-10(14(16)9-15)12-8-4-6-11-5-2-3-7-13(11)12/h2-8,10,14H,9,15-16H2,1H3. The fourth-order valence-corrected chi connectivity index (χ4v) is 2.08. The Labute approximate surface area is 96.3 Å². The Balaban J connectivity index is 2.52. The van der Waals surface area contributed by atoms with Crippen molar-refractivity contribution < 1.29 is 0 Å². The lowest BCUT2D eigenvalue weighted by Crippen LogP contribution is -2.34. The van der Waals surface area contributed by atoms with Gasteiger partial charge in [-0.05, 0) is 22.3 Å². The van der Waals surface area contributed by atoms with Gasteiger partial charge < -0.3 is 11.5 Å². The first-order valence-corrected chi connectivity index (χ1v) is 5.67. The maximum Gasteiger partial charge on any atom is 0.0230 e. The van der Waals surface area contributed by atoms with Gasteiger partial charge in [-0.1, -0.05) is 49.4 Å². The van der Waals surface area contributed by atoms with Crippen LogP contribution in [-0.4, -0.2) is 12.6 Å². The van der Waals surface area contributed by atoms with Gasteiger partial charge in [0.2, 0.25) is 0 Å². The molecule has 2 nitrogen and oxygen atoms in total. The van der Waals surface area contributed by atoms with Crippen molar-refractivity contribution in [3.8, 4) is 0 Å². The van der Waals surface area contributed by atoms with E-state index in [-0.39, 0.29) is 12.0 Å². The maximum atomic E-state index is 6.01. The minimum absolute atomic E-state index is 0.0193. The van der Waals surface area contributed by atoms with Crippen LogP contribution in [0.5, 0.6) is 0 Å². The van der Waals surface area contributed by atoms with E-state index < -0.39 is 0 Å². The van der Waals surface area contributed by atoms with E-state index >= 15 is 0 Å². The molecule has 0 saturated heterocycles. The van der Waals surface area contributed by atoms with E-state index in [1.807, 2.05) is 0 Å². The molecule has 4 N–H and O–H groups in total. The second-order valence-electron chi connectivity index (χ2n) is 4.26. The zero-order valence-corrected chi connectivity index (χ0v) is 9.56.